The Bertz CT molecular complexity index is 582. The third kappa shape index (κ3) is 3.17. The van der Waals surface area contributed by atoms with Gasteiger partial charge in [-0.15, -0.1) is 0 Å². The van der Waals surface area contributed by atoms with E-state index in [1.54, 1.807) is 24.4 Å². The van der Waals surface area contributed by atoms with Crippen LogP contribution in [0, 0.1) is 6.92 Å². The standard InChI is InChI=1S/C13H10Br2N2O/c1-8-6-9(14)2-4-11(8)13(18)17-10-3-5-12(15)16-7-10/h2-7H,1H3,(H,17,18). The largest absolute Gasteiger partial charge is 0.321 e. The minimum Gasteiger partial charge on any atom is -0.321 e. The summed E-state index contributed by atoms with van der Waals surface area (Å²) in [4.78, 5) is 16.1. The summed E-state index contributed by atoms with van der Waals surface area (Å²) in [5.41, 5.74) is 2.25. The number of pyridine rings is 1. The highest BCUT2D eigenvalue weighted by atomic mass is 79.9. The number of anilines is 1. The zero-order chi connectivity index (χ0) is 13.1. The van der Waals surface area contributed by atoms with E-state index in [-0.39, 0.29) is 5.91 Å². The SMILES string of the molecule is Cc1cc(Br)ccc1C(=O)Nc1ccc(Br)nc1. The smallest absolute Gasteiger partial charge is 0.255 e. The second-order valence-corrected chi connectivity index (χ2v) is 5.51. The fourth-order valence-corrected chi connectivity index (χ4v) is 2.24. The molecule has 5 heteroatoms. The Kier molecular flexibility index (Phi) is 4.14. The highest BCUT2D eigenvalue weighted by Crippen LogP contribution is 2.17. The van der Waals surface area contributed by atoms with Gasteiger partial charge in [-0.2, -0.15) is 0 Å². The van der Waals surface area contributed by atoms with Gasteiger partial charge in [0.05, 0.1) is 11.9 Å². The molecule has 0 saturated carbocycles. The molecule has 1 aromatic heterocycles. The van der Waals surface area contributed by atoms with E-state index in [1.165, 1.54) is 0 Å². The summed E-state index contributed by atoms with van der Waals surface area (Å²) in [7, 11) is 0. The molecule has 92 valence electrons. The summed E-state index contributed by atoms with van der Waals surface area (Å²) in [5.74, 6) is -0.135. The van der Waals surface area contributed by atoms with Gasteiger partial charge in [-0.25, -0.2) is 4.98 Å². The molecule has 1 aromatic carbocycles. The molecule has 0 aliphatic carbocycles. The quantitative estimate of drug-likeness (QED) is 0.807. The highest BCUT2D eigenvalue weighted by Gasteiger charge is 2.09. The highest BCUT2D eigenvalue weighted by molar-refractivity contribution is 9.10. The van der Waals surface area contributed by atoms with Crippen LogP contribution in [0.2, 0.25) is 0 Å². The first kappa shape index (κ1) is 13.2. The molecule has 0 radical (unpaired) electrons. The number of rotatable bonds is 2. The molecule has 18 heavy (non-hydrogen) atoms. The van der Waals surface area contributed by atoms with Crippen LogP contribution in [0.5, 0.6) is 0 Å². The lowest BCUT2D eigenvalue weighted by atomic mass is 10.1. The lowest BCUT2D eigenvalue weighted by Crippen LogP contribution is -2.13. The first-order chi connectivity index (χ1) is 8.56. The van der Waals surface area contributed by atoms with Crippen molar-refractivity contribution in [2.24, 2.45) is 0 Å². The van der Waals surface area contributed by atoms with Gasteiger partial charge in [0.1, 0.15) is 4.60 Å². The van der Waals surface area contributed by atoms with Crippen LogP contribution < -0.4 is 5.32 Å². The Morgan fingerprint density at radius 3 is 2.61 bits per heavy atom. The number of carbonyl (C=O) groups excluding carboxylic acids is 1. The number of carbonyl (C=O) groups is 1. The summed E-state index contributed by atoms with van der Waals surface area (Å²) >= 11 is 6.62. The number of amides is 1. The number of aryl methyl sites for hydroxylation is 1. The lowest BCUT2D eigenvalue weighted by Gasteiger charge is -2.07. The molecule has 0 saturated heterocycles. The van der Waals surface area contributed by atoms with Gasteiger partial charge < -0.3 is 5.32 Å². The van der Waals surface area contributed by atoms with Crippen molar-refractivity contribution in [2.45, 2.75) is 6.92 Å². The van der Waals surface area contributed by atoms with Gasteiger partial charge in [-0.3, -0.25) is 4.79 Å². The number of nitrogens with one attached hydrogen (secondary N) is 1. The van der Waals surface area contributed by atoms with E-state index in [4.69, 9.17) is 0 Å². The molecular weight excluding hydrogens is 360 g/mol. The van der Waals surface area contributed by atoms with E-state index >= 15 is 0 Å². The number of aromatic nitrogens is 1. The minimum absolute atomic E-state index is 0.135. The molecule has 0 fully saturated rings. The van der Waals surface area contributed by atoms with Crippen LogP contribution in [0.1, 0.15) is 15.9 Å². The third-order valence-corrected chi connectivity index (χ3v) is 3.38. The van der Waals surface area contributed by atoms with Crippen molar-refractivity contribution in [1.82, 2.24) is 4.98 Å². The number of nitrogens with zero attached hydrogens (tertiary/aromatic N) is 1. The Labute approximate surface area is 122 Å². The van der Waals surface area contributed by atoms with Crippen molar-refractivity contribution >= 4 is 43.5 Å². The molecule has 0 aliphatic rings. The third-order valence-electron chi connectivity index (χ3n) is 2.42. The Morgan fingerprint density at radius 1 is 1.22 bits per heavy atom. The van der Waals surface area contributed by atoms with Crippen LogP contribution in [0.4, 0.5) is 5.69 Å². The molecular formula is C13H10Br2N2O. The topological polar surface area (TPSA) is 42.0 Å². The van der Waals surface area contributed by atoms with Crippen molar-refractivity contribution in [1.29, 1.82) is 0 Å². The van der Waals surface area contributed by atoms with Gasteiger partial charge >= 0.3 is 0 Å². The predicted molar refractivity (Wildman–Crippen MR) is 78.8 cm³/mol. The van der Waals surface area contributed by atoms with E-state index in [9.17, 15) is 4.79 Å². The van der Waals surface area contributed by atoms with Crippen LogP contribution in [0.25, 0.3) is 0 Å². The van der Waals surface area contributed by atoms with Crippen molar-refractivity contribution in [3.63, 3.8) is 0 Å². The van der Waals surface area contributed by atoms with Crippen LogP contribution >= 0.6 is 31.9 Å². The van der Waals surface area contributed by atoms with Crippen LogP contribution in [-0.4, -0.2) is 10.9 Å². The Morgan fingerprint density at radius 2 is 2.00 bits per heavy atom. The van der Waals surface area contributed by atoms with E-state index in [0.717, 1.165) is 14.6 Å². The summed E-state index contributed by atoms with van der Waals surface area (Å²) in [6.45, 7) is 1.90. The summed E-state index contributed by atoms with van der Waals surface area (Å²) < 4.78 is 1.70. The molecule has 0 atom stereocenters. The van der Waals surface area contributed by atoms with E-state index in [2.05, 4.69) is 42.2 Å². The van der Waals surface area contributed by atoms with Crippen LogP contribution in [0.15, 0.2) is 45.6 Å². The molecule has 1 N–H and O–H groups in total. The maximum absolute atomic E-state index is 12.1. The zero-order valence-corrected chi connectivity index (χ0v) is 12.7. The molecule has 0 bridgehead atoms. The maximum atomic E-state index is 12.1. The first-order valence-corrected chi connectivity index (χ1v) is 6.84. The zero-order valence-electron chi connectivity index (χ0n) is 9.58. The van der Waals surface area contributed by atoms with Gasteiger partial charge in [0, 0.05) is 10.0 Å². The molecule has 2 rings (SSSR count). The second kappa shape index (κ2) is 5.63. The van der Waals surface area contributed by atoms with Crippen LogP contribution in [-0.2, 0) is 0 Å². The average Bonchev–Trinajstić information content (AvgIpc) is 2.32. The van der Waals surface area contributed by atoms with Crippen molar-refractivity contribution < 1.29 is 4.79 Å². The van der Waals surface area contributed by atoms with Crippen LogP contribution in [0.3, 0.4) is 0 Å². The minimum atomic E-state index is -0.135. The second-order valence-electron chi connectivity index (χ2n) is 3.78. The number of hydrogen-bond acceptors (Lipinski definition) is 2. The van der Waals surface area contributed by atoms with Crippen molar-refractivity contribution in [2.75, 3.05) is 5.32 Å². The fourth-order valence-electron chi connectivity index (χ4n) is 1.53. The first-order valence-electron chi connectivity index (χ1n) is 5.25. The number of benzene rings is 1. The van der Waals surface area contributed by atoms with Gasteiger partial charge in [-0.1, -0.05) is 15.9 Å². The number of halogens is 2. The van der Waals surface area contributed by atoms with E-state index in [0.29, 0.717) is 11.3 Å². The molecule has 1 heterocycles. The van der Waals surface area contributed by atoms with Crippen molar-refractivity contribution in [3.05, 3.63) is 56.7 Å². The fraction of sp³-hybridized carbons (Fsp3) is 0.0769. The monoisotopic (exact) mass is 368 g/mol. The summed E-state index contributed by atoms with van der Waals surface area (Å²) in [5, 5.41) is 2.81. The molecule has 1 amide bonds. The maximum Gasteiger partial charge on any atom is 0.255 e. The molecule has 0 spiro atoms. The number of hydrogen-bond donors (Lipinski definition) is 1. The van der Waals surface area contributed by atoms with Gasteiger partial charge in [0.25, 0.3) is 5.91 Å². The van der Waals surface area contributed by atoms with Gasteiger partial charge in [-0.05, 0) is 58.7 Å². The molecule has 3 nitrogen and oxygen atoms in total. The van der Waals surface area contributed by atoms with Crippen molar-refractivity contribution in [3.8, 4) is 0 Å². The molecule has 0 aliphatic heterocycles. The lowest BCUT2D eigenvalue weighted by molar-refractivity contribution is 0.102. The summed E-state index contributed by atoms with van der Waals surface area (Å²) in [6, 6.07) is 9.13. The van der Waals surface area contributed by atoms with E-state index < -0.39 is 0 Å². The van der Waals surface area contributed by atoms with Gasteiger partial charge in [0.15, 0.2) is 0 Å². The van der Waals surface area contributed by atoms with Gasteiger partial charge in [0.2, 0.25) is 0 Å². The Hall–Kier alpha value is -1.20. The summed E-state index contributed by atoms with van der Waals surface area (Å²) in [6.07, 6.45) is 1.61. The normalized spacial score (nSPS) is 10.2. The average molecular weight is 370 g/mol. The Balaban J connectivity index is 2.19. The van der Waals surface area contributed by atoms with E-state index in [1.807, 2.05) is 19.1 Å². The molecule has 0 unspecified atom stereocenters. The predicted octanol–water partition coefficient (Wildman–Crippen LogP) is 4.17. The molecule has 2 aromatic rings.